The maximum Gasteiger partial charge on any atom is 0.229 e. The number of aromatic amines is 1. The maximum absolute atomic E-state index is 13.9. The van der Waals surface area contributed by atoms with Crippen molar-refractivity contribution in [3.05, 3.63) is 47.1 Å². The number of ether oxygens (including phenoxy) is 1. The molecule has 4 heterocycles. The SMILES string of the molecule is Cc1[nH]nc2nc(-c3cnc(NSc4cc(Cl)ccc4F)cn3)nc(OC3CN(C(C)C)C3)c12. The van der Waals surface area contributed by atoms with E-state index in [2.05, 4.69) is 53.6 Å². The lowest BCUT2D eigenvalue weighted by atomic mass is 10.1. The molecule has 2 N–H and O–H groups in total. The Kier molecular flexibility index (Phi) is 6.24. The number of aromatic nitrogens is 6. The molecule has 0 unspecified atom stereocenters. The second-order valence-corrected chi connectivity index (χ2v) is 9.54. The summed E-state index contributed by atoms with van der Waals surface area (Å²) in [5.74, 6) is 0.916. The van der Waals surface area contributed by atoms with Gasteiger partial charge in [0.2, 0.25) is 5.88 Å². The van der Waals surface area contributed by atoms with Gasteiger partial charge in [0.15, 0.2) is 17.3 Å². The molecule has 1 aliphatic rings. The lowest BCUT2D eigenvalue weighted by Crippen LogP contribution is -2.56. The molecule has 176 valence electrons. The third kappa shape index (κ3) is 4.63. The number of aryl methyl sites for hydroxylation is 1. The average Bonchev–Trinajstić information content (AvgIpc) is 3.17. The van der Waals surface area contributed by atoms with Crippen LogP contribution in [0.3, 0.4) is 0 Å². The minimum Gasteiger partial charge on any atom is -0.471 e. The lowest BCUT2D eigenvalue weighted by molar-refractivity contribution is -0.00136. The van der Waals surface area contributed by atoms with Gasteiger partial charge in [-0.15, -0.1) is 0 Å². The van der Waals surface area contributed by atoms with Gasteiger partial charge in [0.05, 0.1) is 17.3 Å². The number of benzene rings is 1. The second-order valence-electron chi connectivity index (χ2n) is 8.25. The molecule has 5 rings (SSSR count). The minimum absolute atomic E-state index is 0.0595. The summed E-state index contributed by atoms with van der Waals surface area (Å²) in [6, 6.07) is 4.83. The van der Waals surface area contributed by atoms with Crippen molar-refractivity contribution in [2.45, 2.75) is 37.8 Å². The van der Waals surface area contributed by atoms with Gasteiger partial charge in [-0.25, -0.2) is 19.3 Å². The lowest BCUT2D eigenvalue weighted by Gasteiger charge is -2.41. The molecule has 1 aliphatic heterocycles. The highest BCUT2D eigenvalue weighted by molar-refractivity contribution is 8.00. The Balaban J connectivity index is 1.35. The Morgan fingerprint density at radius 2 is 2.06 bits per heavy atom. The van der Waals surface area contributed by atoms with Crippen LogP contribution in [0.5, 0.6) is 5.88 Å². The van der Waals surface area contributed by atoms with Gasteiger partial charge < -0.3 is 9.46 Å². The molecule has 3 aromatic heterocycles. The minimum atomic E-state index is -0.377. The van der Waals surface area contributed by atoms with Gasteiger partial charge in [-0.1, -0.05) is 11.6 Å². The van der Waals surface area contributed by atoms with E-state index < -0.39 is 0 Å². The van der Waals surface area contributed by atoms with E-state index in [-0.39, 0.29) is 11.9 Å². The standard InChI is InChI=1S/C22H22ClFN8OS/c1-11(2)32-9-14(10-32)33-22-19-12(3)29-30-21(19)27-20(28-22)16-7-26-18(8-25-16)31-34-17-6-13(23)4-5-15(17)24/h4-8,11,14H,9-10H2,1-3H3,(H,26,31)(H,27,28,29,30). The molecule has 0 spiro atoms. The highest BCUT2D eigenvalue weighted by Gasteiger charge is 2.31. The molecule has 34 heavy (non-hydrogen) atoms. The summed E-state index contributed by atoms with van der Waals surface area (Å²) in [4.78, 5) is 20.6. The quantitative estimate of drug-likeness (QED) is 0.355. The first-order valence-corrected chi connectivity index (χ1v) is 11.9. The first-order valence-electron chi connectivity index (χ1n) is 10.7. The Morgan fingerprint density at radius 3 is 2.79 bits per heavy atom. The number of nitrogens with one attached hydrogen (secondary N) is 2. The number of nitrogens with zero attached hydrogens (tertiary/aromatic N) is 6. The van der Waals surface area contributed by atoms with Gasteiger partial charge in [-0.05, 0) is 50.9 Å². The number of hydrogen-bond donors (Lipinski definition) is 2. The van der Waals surface area contributed by atoms with Crippen molar-refractivity contribution in [1.82, 2.24) is 35.0 Å². The summed E-state index contributed by atoms with van der Waals surface area (Å²) >= 11 is 7.00. The fraction of sp³-hybridized carbons (Fsp3) is 0.318. The summed E-state index contributed by atoms with van der Waals surface area (Å²) in [7, 11) is 0. The van der Waals surface area contributed by atoms with Gasteiger partial charge in [0.25, 0.3) is 0 Å². The first-order chi connectivity index (χ1) is 16.4. The van der Waals surface area contributed by atoms with Crippen LogP contribution in [0.2, 0.25) is 5.02 Å². The number of hydrogen-bond acceptors (Lipinski definition) is 9. The molecule has 1 saturated heterocycles. The third-order valence-corrected chi connectivity index (χ3v) is 6.56. The fourth-order valence-corrected chi connectivity index (χ4v) is 4.42. The van der Waals surface area contributed by atoms with Crippen molar-refractivity contribution < 1.29 is 9.13 Å². The Hall–Kier alpha value is -3.02. The summed E-state index contributed by atoms with van der Waals surface area (Å²) in [6.45, 7) is 7.94. The van der Waals surface area contributed by atoms with E-state index in [1.54, 1.807) is 6.20 Å². The van der Waals surface area contributed by atoms with Gasteiger partial charge in [0, 0.05) is 29.8 Å². The molecule has 0 atom stereocenters. The van der Waals surface area contributed by atoms with Crippen LogP contribution in [0.4, 0.5) is 10.2 Å². The number of H-pyrrole nitrogens is 1. The third-order valence-electron chi connectivity index (χ3n) is 5.49. The first kappa shape index (κ1) is 22.8. The number of anilines is 1. The summed E-state index contributed by atoms with van der Waals surface area (Å²) in [5.41, 5.74) is 1.82. The van der Waals surface area contributed by atoms with Crippen molar-refractivity contribution in [3.8, 4) is 17.4 Å². The van der Waals surface area contributed by atoms with E-state index in [1.165, 1.54) is 24.4 Å². The van der Waals surface area contributed by atoms with Crippen molar-refractivity contribution in [2.24, 2.45) is 0 Å². The monoisotopic (exact) mass is 500 g/mol. The van der Waals surface area contributed by atoms with Gasteiger partial charge in [-0.3, -0.25) is 10.00 Å². The smallest absolute Gasteiger partial charge is 0.229 e. The zero-order valence-corrected chi connectivity index (χ0v) is 20.3. The maximum atomic E-state index is 13.9. The molecule has 1 fully saturated rings. The van der Waals surface area contributed by atoms with Crippen LogP contribution in [0.25, 0.3) is 22.6 Å². The molecule has 9 nitrogen and oxygen atoms in total. The molecule has 0 bridgehead atoms. The molecule has 1 aromatic carbocycles. The van der Waals surface area contributed by atoms with E-state index in [0.717, 1.165) is 36.1 Å². The summed E-state index contributed by atoms with van der Waals surface area (Å²) in [5, 5.41) is 8.44. The predicted octanol–water partition coefficient (Wildman–Crippen LogP) is 4.50. The second kappa shape index (κ2) is 9.32. The number of rotatable bonds is 7. The Morgan fingerprint density at radius 1 is 1.24 bits per heavy atom. The normalized spacial score (nSPS) is 14.5. The number of halogens is 2. The highest BCUT2D eigenvalue weighted by atomic mass is 35.5. The number of fused-ring (bicyclic) bond motifs is 1. The van der Waals surface area contributed by atoms with Crippen LogP contribution < -0.4 is 9.46 Å². The average molecular weight is 501 g/mol. The molecule has 0 aliphatic carbocycles. The number of likely N-dealkylation sites (tertiary alicyclic amines) is 1. The molecule has 0 amide bonds. The summed E-state index contributed by atoms with van der Waals surface area (Å²) in [6.07, 6.45) is 3.14. The van der Waals surface area contributed by atoms with Crippen LogP contribution >= 0.6 is 23.5 Å². The largest absolute Gasteiger partial charge is 0.471 e. The van der Waals surface area contributed by atoms with E-state index in [9.17, 15) is 4.39 Å². The van der Waals surface area contributed by atoms with Crippen LogP contribution in [0.1, 0.15) is 19.5 Å². The van der Waals surface area contributed by atoms with Crippen molar-refractivity contribution in [2.75, 3.05) is 17.8 Å². The molecule has 0 radical (unpaired) electrons. The predicted molar refractivity (Wildman–Crippen MR) is 129 cm³/mol. The zero-order valence-electron chi connectivity index (χ0n) is 18.7. The van der Waals surface area contributed by atoms with Gasteiger partial charge in [0.1, 0.15) is 23.0 Å². The molecule has 4 aromatic rings. The molecular weight excluding hydrogens is 479 g/mol. The van der Waals surface area contributed by atoms with Crippen molar-refractivity contribution >= 4 is 40.4 Å². The Labute approximate surface area is 204 Å². The van der Waals surface area contributed by atoms with Crippen molar-refractivity contribution in [3.63, 3.8) is 0 Å². The van der Waals surface area contributed by atoms with Crippen LogP contribution in [0.15, 0.2) is 35.5 Å². The topological polar surface area (TPSA) is 105 Å². The zero-order chi connectivity index (χ0) is 23.8. The van der Waals surface area contributed by atoms with E-state index in [1.807, 2.05) is 6.92 Å². The van der Waals surface area contributed by atoms with E-state index >= 15 is 0 Å². The van der Waals surface area contributed by atoms with Crippen LogP contribution in [-0.4, -0.2) is 60.3 Å². The van der Waals surface area contributed by atoms with Gasteiger partial charge in [-0.2, -0.15) is 10.1 Å². The summed E-state index contributed by atoms with van der Waals surface area (Å²) < 4.78 is 23.1. The van der Waals surface area contributed by atoms with E-state index in [4.69, 9.17) is 16.3 Å². The fourth-order valence-electron chi connectivity index (χ4n) is 3.51. The van der Waals surface area contributed by atoms with Crippen molar-refractivity contribution in [1.29, 1.82) is 0 Å². The molecular formula is C22H22ClFN8OS. The van der Waals surface area contributed by atoms with Crippen LogP contribution in [0, 0.1) is 12.7 Å². The highest BCUT2D eigenvalue weighted by Crippen LogP contribution is 2.30. The van der Waals surface area contributed by atoms with E-state index in [0.29, 0.717) is 44.8 Å². The Bertz CT molecular complexity index is 1330. The van der Waals surface area contributed by atoms with Gasteiger partial charge >= 0.3 is 0 Å². The molecule has 0 saturated carbocycles. The molecule has 12 heteroatoms. The van der Waals surface area contributed by atoms with Crippen LogP contribution in [-0.2, 0) is 0 Å².